The van der Waals surface area contributed by atoms with Crippen LogP contribution in [0.3, 0.4) is 0 Å². The van der Waals surface area contributed by atoms with Crippen molar-refractivity contribution < 1.29 is 9.18 Å². The fourth-order valence-corrected chi connectivity index (χ4v) is 2.70. The maximum atomic E-state index is 12.7. The number of primary amides is 1. The first-order chi connectivity index (χ1) is 6.13. The summed E-state index contributed by atoms with van der Waals surface area (Å²) in [5.41, 5.74) is 2.99. The van der Waals surface area contributed by atoms with Crippen molar-refractivity contribution in [2.24, 2.45) is 5.73 Å². The molecule has 13 heavy (non-hydrogen) atoms. The minimum absolute atomic E-state index is 0.413. The Kier molecular flexibility index (Phi) is 3.94. The van der Waals surface area contributed by atoms with Crippen molar-refractivity contribution in [1.29, 1.82) is 0 Å². The van der Waals surface area contributed by atoms with E-state index in [1.54, 1.807) is 0 Å². The van der Waals surface area contributed by atoms with Gasteiger partial charge in [-0.05, 0) is 18.0 Å². The smallest absolute Gasteiger partial charge is 0.262 e. The Hall–Kier alpha value is -0.340. The first kappa shape index (κ1) is 10.7. The van der Waals surface area contributed by atoms with Crippen LogP contribution >= 0.6 is 34.9 Å². The lowest BCUT2D eigenvalue weighted by Crippen LogP contribution is -2.21. The zero-order valence-corrected chi connectivity index (χ0v) is 9.01. The number of amides is 1. The molecule has 0 aliphatic rings. The molecule has 1 heterocycles. The van der Waals surface area contributed by atoms with E-state index >= 15 is 0 Å². The molecule has 1 amide bonds. The average molecular weight is 239 g/mol. The number of rotatable bonds is 4. The number of nitrogens with two attached hydrogens (primary N) is 1. The number of alkyl halides is 1. The molecule has 1 aromatic heterocycles. The van der Waals surface area contributed by atoms with Gasteiger partial charge in [-0.2, -0.15) is 0 Å². The number of nitrogens with zero attached hydrogens (tertiary/aromatic N) is 2. The summed E-state index contributed by atoms with van der Waals surface area (Å²) in [4.78, 5) is 10.4. The van der Waals surface area contributed by atoms with Crippen molar-refractivity contribution in [3.8, 4) is 0 Å². The van der Waals surface area contributed by atoms with E-state index in [9.17, 15) is 9.18 Å². The molecule has 0 spiro atoms. The maximum Gasteiger partial charge on any atom is 0.262 e. The topological polar surface area (TPSA) is 68.9 Å². The van der Waals surface area contributed by atoms with Crippen molar-refractivity contribution in [1.82, 2.24) is 10.2 Å². The Labute approximate surface area is 86.5 Å². The van der Waals surface area contributed by atoms with Gasteiger partial charge in [-0.25, -0.2) is 4.39 Å². The van der Waals surface area contributed by atoms with Crippen LogP contribution in [0, 0.1) is 0 Å². The Bertz CT molecular complexity index is 305. The quantitative estimate of drug-likeness (QED) is 0.798. The first-order valence-electron chi connectivity index (χ1n) is 3.11. The van der Waals surface area contributed by atoms with Crippen LogP contribution in [0.15, 0.2) is 8.68 Å². The lowest BCUT2D eigenvalue weighted by Gasteiger charge is -1.97. The molecule has 1 rings (SSSR count). The zero-order chi connectivity index (χ0) is 9.84. The third-order valence-electron chi connectivity index (χ3n) is 0.991. The van der Waals surface area contributed by atoms with E-state index in [0.717, 1.165) is 4.34 Å². The molecule has 0 aliphatic heterocycles. The fourth-order valence-electron chi connectivity index (χ4n) is 0.474. The van der Waals surface area contributed by atoms with Crippen LogP contribution in [0.4, 0.5) is 4.39 Å². The van der Waals surface area contributed by atoms with E-state index < -0.39 is 11.4 Å². The predicted octanol–water partition coefficient (Wildman–Crippen LogP) is 1.13. The Balaban J connectivity index is 2.58. The van der Waals surface area contributed by atoms with Crippen LogP contribution in [0.2, 0.25) is 0 Å². The molecule has 1 atom stereocenters. The molecule has 2 N–H and O–H groups in total. The molecule has 0 saturated carbocycles. The van der Waals surface area contributed by atoms with Crippen molar-refractivity contribution in [2.45, 2.75) is 14.2 Å². The van der Waals surface area contributed by atoms with Gasteiger partial charge in [-0.15, -0.1) is 10.2 Å². The molecule has 0 aliphatic carbocycles. The van der Waals surface area contributed by atoms with E-state index in [1.165, 1.54) is 23.1 Å². The van der Waals surface area contributed by atoms with Gasteiger partial charge in [0.1, 0.15) is 0 Å². The monoisotopic (exact) mass is 239 g/mol. The first-order valence-corrected chi connectivity index (χ1v) is 6.03. The molecule has 1 aromatic rings. The summed E-state index contributed by atoms with van der Waals surface area (Å²) in [5.74, 6) is -0.995. The molecule has 0 radical (unpaired) electrons. The van der Waals surface area contributed by atoms with E-state index in [2.05, 4.69) is 10.2 Å². The highest BCUT2D eigenvalue weighted by Crippen LogP contribution is 2.30. The molecular weight excluding hydrogens is 233 g/mol. The van der Waals surface area contributed by atoms with Gasteiger partial charge in [0.2, 0.25) is 5.50 Å². The van der Waals surface area contributed by atoms with Crippen molar-refractivity contribution in [2.75, 3.05) is 6.26 Å². The lowest BCUT2D eigenvalue weighted by atomic mass is 10.7. The van der Waals surface area contributed by atoms with E-state index in [1.807, 2.05) is 6.26 Å². The van der Waals surface area contributed by atoms with Crippen LogP contribution in [-0.4, -0.2) is 27.9 Å². The second-order valence-corrected chi connectivity index (χ2v) is 5.20. The van der Waals surface area contributed by atoms with Gasteiger partial charge in [-0.1, -0.05) is 23.1 Å². The summed E-state index contributed by atoms with van der Waals surface area (Å²) in [6.45, 7) is 0. The average Bonchev–Trinajstić information content (AvgIpc) is 2.52. The minimum atomic E-state index is -1.75. The summed E-state index contributed by atoms with van der Waals surface area (Å²) in [6.07, 6.45) is 1.84. The number of halogens is 1. The Morgan fingerprint density at radius 3 is 2.69 bits per heavy atom. The number of carbonyl (C=O) groups excluding carboxylic acids is 1. The summed E-state index contributed by atoms with van der Waals surface area (Å²) in [5, 5.41) is 7.41. The number of thioether (sulfide) groups is 2. The second-order valence-electron chi connectivity index (χ2n) is 1.87. The largest absolute Gasteiger partial charge is 0.366 e. The van der Waals surface area contributed by atoms with Gasteiger partial charge in [0, 0.05) is 0 Å². The normalized spacial score (nSPS) is 12.8. The van der Waals surface area contributed by atoms with E-state index in [-0.39, 0.29) is 0 Å². The van der Waals surface area contributed by atoms with Crippen LogP contribution in [0.25, 0.3) is 0 Å². The summed E-state index contributed by atoms with van der Waals surface area (Å²) in [6, 6.07) is 0. The van der Waals surface area contributed by atoms with Crippen molar-refractivity contribution in [3.63, 3.8) is 0 Å². The molecule has 8 heteroatoms. The molecule has 0 aromatic carbocycles. The van der Waals surface area contributed by atoms with Gasteiger partial charge in [0.15, 0.2) is 8.68 Å². The van der Waals surface area contributed by atoms with E-state index in [4.69, 9.17) is 5.73 Å². The zero-order valence-electron chi connectivity index (χ0n) is 6.56. The van der Waals surface area contributed by atoms with Crippen LogP contribution in [0.5, 0.6) is 0 Å². The molecule has 4 nitrogen and oxygen atoms in total. The number of aromatic nitrogens is 2. The molecule has 72 valence electrons. The maximum absolute atomic E-state index is 12.7. The SMILES string of the molecule is CSc1nnc(SC(F)C(N)=O)s1. The number of hydrogen-bond acceptors (Lipinski definition) is 6. The number of carbonyl (C=O) groups is 1. The van der Waals surface area contributed by atoms with Crippen molar-refractivity contribution >= 4 is 40.8 Å². The lowest BCUT2D eigenvalue weighted by molar-refractivity contribution is -0.119. The van der Waals surface area contributed by atoms with Gasteiger partial charge in [0.05, 0.1) is 0 Å². The van der Waals surface area contributed by atoms with Crippen LogP contribution in [0.1, 0.15) is 0 Å². The summed E-state index contributed by atoms with van der Waals surface area (Å²) in [7, 11) is 0. The van der Waals surface area contributed by atoms with Gasteiger partial charge in [-0.3, -0.25) is 4.79 Å². The third-order valence-corrected chi connectivity index (χ3v) is 3.95. The standard InChI is InChI=1S/C5H6FN3OS3/c1-11-4-8-9-5(13-4)12-2(6)3(7)10/h2H,1H3,(H2,7,10). The highest BCUT2D eigenvalue weighted by molar-refractivity contribution is 8.03. The fraction of sp³-hybridized carbons (Fsp3) is 0.400. The third kappa shape index (κ3) is 3.12. The van der Waals surface area contributed by atoms with Crippen LogP contribution < -0.4 is 5.73 Å². The predicted molar refractivity (Wildman–Crippen MR) is 51.6 cm³/mol. The molecule has 0 saturated heterocycles. The number of hydrogen-bond donors (Lipinski definition) is 1. The Morgan fingerprint density at radius 2 is 2.23 bits per heavy atom. The second kappa shape index (κ2) is 4.77. The highest BCUT2D eigenvalue weighted by Gasteiger charge is 2.17. The van der Waals surface area contributed by atoms with Crippen LogP contribution in [-0.2, 0) is 4.79 Å². The van der Waals surface area contributed by atoms with Gasteiger partial charge >= 0.3 is 0 Å². The Morgan fingerprint density at radius 1 is 1.62 bits per heavy atom. The molecule has 0 fully saturated rings. The van der Waals surface area contributed by atoms with Gasteiger partial charge < -0.3 is 5.73 Å². The van der Waals surface area contributed by atoms with Crippen molar-refractivity contribution in [3.05, 3.63) is 0 Å². The van der Waals surface area contributed by atoms with Gasteiger partial charge in [0.25, 0.3) is 5.91 Å². The molecular formula is C5H6FN3OS3. The van der Waals surface area contributed by atoms with E-state index in [0.29, 0.717) is 16.1 Å². The summed E-state index contributed by atoms with van der Waals surface area (Å²) < 4.78 is 13.9. The highest BCUT2D eigenvalue weighted by atomic mass is 32.2. The molecule has 1 unspecified atom stereocenters. The minimum Gasteiger partial charge on any atom is -0.366 e. The molecule has 0 bridgehead atoms. The summed E-state index contributed by atoms with van der Waals surface area (Å²) >= 11 is 3.33.